The number of hydrogen-bond donors (Lipinski definition) is 0. The number of ether oxygens (including phenoxy) is 2. The molecule has 1 saturated heterocycles. The zero-order chi connectivity index (χ0) is 20.5. The Morgan fingerprint density at radius 1 is 1.17 bits per heavy atom. The second kappa shape index (κ2) is 7.67. The molecule has 1 amide bonds. The van der Waals surface area contributed by atoms with E-state index in [0.29, 0.717) is 24.0 Å². The molecule has 7 nitrogen and oxygen atoms in total. The Bertz CT molecular complexity index is 1120. The smallest absolute Gasteiger partial charge is 0.249 e. The average molecular weight is 403 g/mol. The van der Waals surface area contributed by atoms with Gasteiger partial charge >= 0.3 is 0 Å². The number of amides is 1. The predicted octanol–water partition coefficient (Wildman–Crippen LogP) is 4.15. The SMILES string of the molecule is Cc1cccc(-c2noc(C3CCCN3C(=O)C=Cc3ccc4c(c3)OCO4)n2)c1. The highest BCUT2D eigenvalue weighted by Gasteiger charge is 2.33. The minimum absolute atomic E-state index is 0.0783. The molecule has 2 aliphatic rings. The molecule has 5 rings (SSSR count). The fraction of sp³-hybridized carbons (Fsp3) is 0.261. The number of carbonyl (C=O) groups is 1. The summed E-state index contributed by atoms with van der Waals surface area (Å²) in [5.41, 5.74) is 2.91. The van der Waals surface area contributed by atoms with Crippen molar-refractivity contribution in [1.82, 2.24) is 15.0 Å². The third kappa shape index (κ3) is 3.54. The molecule has 2 aromatic carbocycles. The van der Waals surface area contributed by atoms with E-state index in [-0.39, 0.29) is 18.7 Å². The van der Waals surface area contributed by atoms with E-state index in [4.69, 9.17) is 14.0 Å². The van der Waals surface area contributed by atoms with Crippen LogP contribution in [0.3, 0.4) is 0 Å². The zero-order valence-electron chi connectivity index (χ0n) is 16.6. The standard InChI is InChI=1S/C23H21N3O4/c1-15-4-2-5-17(12-15)22-24-23(30-25-22)18-6-3-11-26(18)21(27)10-8-16-7-9-19-20(13-16)29-14-28-19/h2,4-5,7-10,12-13,18H,3,6,11,14H2,1H3. The zero-order valence-corrected chi connectivity index (χ0v) is 16.6. The van der Waals surface area contributed by atoms with E-state index in [9.17, 15) is 4.79 Å². The number of carbonyl (C=O) groups excluding carboxylic acids is 1. The number of aryl methyl sites for hydroxylation is 1. The predicted molar refractivity (Wildman–Crippen MR) is 110 cm³/mol. The van der Waals surface area contributed by atoms with Gasteiger partial charge in [-0.05, 0) is 49.6 Å². The monoisotopic (exact) mass is 403 g/mol. The Morgan fingerprint density at radius 3 is 2.97 bits per heavy atom. The highest BCUT2D eigenvalue weighted by atomic mass is 16.7. The van der Waals surface area contributed by atoms with Gasteiger partial charge in [0.2, 0.25) is 24.4 Å². The molecular formula is C23H21N3O4. The number of likely N-dealkylation sites (tertiary alicyclic amines) is 1. The van der Waals surface area contributed by atoms with E-state index in [1.807, 2.05) is 49.4 Å². The minimum Gasteiger partial charge on any atom is -0.454 e. The van der Waals surface area contributed by atoms with Gasteiger partial charge in [0, 0.05) is 18.2 Å². The lowest BCUT2D eigenvalue weighted by atomic mass is 10.1. The van der Waals surface area contributed by atoms with Crippen LogP contribution < -0.4 is 9.47 Å². The van der Waals surface area contributed by atoms with E-state index in [2.05, 4.69) is 10.1 Å². The van der Waals surface area contributed by atoms with E-state index >= 15 is 0 Å². The number of rotatable bonds is 4. The van der Waals surface area contributed by atoms with Crippen molar-refractivity contribution in [2.24, 2.45) is 0 Å². The van der Waals surface area contributed by atoms with E-state index in [1.165, 1.54) is 0 Å². The molecule has 0 aliphatic carbocycles. The summed E-state index contributed by atoms with van der Waals surface area (Å²) in [6.45, 7) is 2.91. The quantitative estimate of drug-likeness (QED) is 0.609. The van der Waals surface area contributed by atoms with E-state index < -0.39 is 0 Å². The van der Waals surface area contributed by atoms with Crippen LogP contribution in [0.5, 0.6) is 11.5 Å². The summed E-state index contributed by atoms with van der Waals surface area (Å²) in [4.78, 5) is 19.2. The maximum Gasteiger partial charge on any atom is 0.249 e. The summed E-state index contributed by atoms with van der Waals surface area (Å²) in [6.07, 6.45) is 5.06. The van der Waals surface area contributed by atoms with Gasteiger partial charge in [0.05, 0.1) is 0 Å². The first-order valence-corrected chi connectivity index (χ1v) is 9.96. The highest BCUT2D eigenvalue weighted by molar-refractivity contribution is 5.92. The summed E-state index contributed by atoms with van der Waals surface area (Å²) in [5.74, 6) is 2.36. The number of benzene rings is 2. The van der Waals surface area contributed by atoms with Crippen LogP contribution in [-0.2, 0) is 4.79 Å². The number of aromatic nitrogens is 2. The topological polar surface area (TPSA) is 77.7 Å². The Labute approximate surface area is 173 Å². The molecule has 1 atom stereocenters. The second-order valence-corrected chi connectivity index (χ2v) is 7.46. The first kappa shape index (κ1) is 18.4. The molecule has 0 N–H and O–H groups in total. The highest BCUT2D eigenvalue weighted by Crippen LogP contribution is 2.34. The van der Waals surface area contributed by atoms with Crippen molar-refractivity contribution in [3.63, 3.8) is 0 Å². The van der Waals surface area contributed by atoms with Crippen LogP contribution in [0.15, 0.2) is 53.1 Å². The third-order valence-corrected chi connectivity index (χ3v) is 5.35. The first-order chi connectivity index (χ1) is 14.7. The van der Waals surface area contributed by atoms with Gasteiger partial charge in [-0.2, -0.15) is 4.98 Å². The molecular weight excluding hydrogens is 382 g/mol. The molecule has 152 valence electrons. The molecule has 0 saturated carbocycles. The minimum atomic E-state index is -0.204. The van der Waals surface area contributed by atoms with Gasteiger partial charge in [-0.3, -0.25) is 4.79 Å². The Hall–Kier alpha value is -3.61. The van der Waals surface area contributed by atoms with Crippen LogP contribution in [0.25, 0.3) is 17.5 Å². The third-order valence-electron chi connectivity index (χ3n) is 5.35. The van der Waals surface area contributed by atoms with E-state index in [0.717, 1.165) is 35.3 Å². The van der Waals surface area contributed by atoms with Crippen molar-refractivity contribution in [2.75, 3.05) is 13.3 Å². The van der Waals surface area contributed by atoms with Crippen molar-refractivity contribution in [3.8, 4) is 22.9 Å². The van der Waals surface area contributed by atoms with Crippen LogP contribution in [-0.4, -0.2) is 34.3 Å². The van der Waals surface area contributed by atoms with E-state index in [1.54, 1.807) is 17.1 Å². The van der Waals surface area contributed by atoms with Gasteiger partial charge in [-0.1, -0.05) is 35.0 Å². The van der Waals surface area contributed by atoms with Crippen LogP contribution >= 0.6 is 0 Å². The Morgan fingerprint density at radius 2 is 2.07 bits per heavy atom. The molecule has 2 aliphatic heterocycles. The lowest BCUT2D eigenvalue weighted by Crippen LogP contribution is -2.29. The lowest BCUT2D eigenvalue weighted by Gasteiger charge is -2.20. The molecule has 1 aromatic heterocycles. The Kier molecular flexibility index (Phi) is 4.71. The Balaban J connectivity index is 1.32. The van der Waals surface area contributed by atoms with Crippen LogP contribution in [0, 0.1) is 6.92 Å². The number of hydrogen-bond acceptors (Lipinski definition) is 6. The average Bonchev–Trinajstić information content (AvgIpc) is 3.51. The lowest BCUT2D eigenvalue weighted by molar-refractivity contribution is -0.127. The van der Waals surface area contributed by atoms with Crippen LogP contribution in [0.1, 0.15) is 35.9 Å². The molecule has 3 aromatic rings. The van der Waals surface area contributed by atoms with Crippen molar-refractivity contribution < 1.29 is 18.8 Å². The van der Waals surface area contributed by atoms with Gasteiger partial charge in [-0.25, -0.2) is 0 Å². The second-order valence-electron chi connectivity index (χ2n) is 7.46. The molecule has 0 bridgehead atoms. The molecule has 30 heavy (non-hydrogen) atoms. The van der Waals surface area contributed by atoms with Gasteiger partial charge < -0.3 is 18.9 Å². The summed E-state index contributed by atoms with van der Waals surface area (Å²) >= 11 is 0. The molecule has 0 spiro atoms. The van der Waals surface area contributed by atoms with Gasteiger partial charge in [-0.15, -0.1) is 0 Å². The molecule has 1 unspecified atom stereocenters. The summed E-state index contributed by atoms with van der Waals surface area (Å²) in [7, 11) is 0. The summed E-state index contributed by atoms with van der Waals surface area (Å²) < 4.78 is 16.2. The van der Waals surface area contributed by atoms with Crippen LogP contribution in [0.4, 0.5) is 0 Å². The fourth-order valence-corrected chi connectivity index (χ4v) is 3.84. The van der Waals surface area contributed by atoms with Gasteiger partial charge in [0.25, 0.3) is 0 Å². The van der Waals surface area contributed by atoms with Crippen LogP contribution in [0.2, 0.25) is 0 Å². The normalized spacial score (nSPS) is 17.8. The summed E-state index contributed by atoms with van der Waals surface area (Å²) in [6, 6.07) is 13.3. The van der Waals surface area contributed by atoms with Crippen molar-refractivity contribution in [3.05, 3.63) is 65.6 Å². The van der Waals surface area contributed by atoms with Gasteiger partial charge in [0.15, 0.2) is 11.5 Å². The molecule has 1 fully saturated rings. The van der Waals surface area contributed by atoms with Crippen molar-refractivity contribution >= 4 is 12.0 Å². The van der Waals surface area contributed by atoms with Crippen molar-refractivity contribution in [1.29, 1.82) is 0 Å². The van der Waals surface area contributed by atoms with Gasteiger partial charge in [0.1, 0.15) is 6.04 Å². The molecule has 7 heteroatoms. The molecule has 3 heterocycles. The largest absolute Gasteiger partial charge is 0.454 e. The molecule has 0 radical (unpaired) electrons. The fourth-order valence-electron chi connectivity index (χ4n) is 3.84. The maximum absolute atomic E-state index is 12.9. The summed E-state index contributed by atoms with van der Waals surface area (Å²) in [5, 5.41) is 4.12. The van der Waals surface area contributed by atoms with Crippen molar-refractivity contribution in [2.45, 2.75) is 25.8 Å². The number of nitrogens with zero attached hydrogens (tertiary/aromatic N) is 3. The maximum atomic E-state index is 12.9. The first-order valence-electron chi connectivity index (χ1n) is 9.96. The number of fused-ring (bicyclic) bond motifs is 1.